The maximum atomic E-state index is 13.0. The van der Waals surface area contributed by atoms with E-state index in [0.717, 1.165) is 28.7 Å². The summed E-state index contributed by atoms with van der Waals surface area (Å²) in [6.45, 7) is 4.15. The standard InChI is InChI=1S/C28H26O4/c1-3-31-28(30)27-25(19(2)29)24-18-22(32-17-16-20-10-6-4-7-11-20)14-15-23(24)26(27)21-12-8-5-9-13-21/h4-15,18,29H,3,16-17H2,1-2H3/b25-19+. The molecule has 162 valence electrons. The second-order valence-electron chi connectivity index (χ2n) is 7.59. The predicted molar refractivity (Wildman–Crippen MR) is 126 cm³/mol. The molecule has 0 aromatic heterocycles. The van der Waals surface area contributed by atoms with Crippen molar-refractivity contribution in [1.82, 2.24) is 0 Å². The fourth-order valence-corrected chi connectivity index (χ4v) is 4.05. The molecule has 1 aliphatic rings. The molecule has 0 heterocycles. The Morgan fingerprint density at radius 3 is 2.25 bits per heavy atom. The highest BCUT2D eigenvalue weighted by Gasteiger charge is 2.34. The third-order valence-corrected chi connectivity index (χ3v) is 5.44. The lowest BCUT2D eigenvalue weighted by Crippen LogP contribution is -2.09. The van der Waals surface area contributed by atoms with Gasteiger partial charge in [-0.15, -0.1) is 0 Å². The smallest absolute Gasteiger partial charge is 0.339 e. The lowest BCUT2D eigenvalue weighted by atomic mass is 9.97. The van der Waals surface area contributed by atoms with Crippen molar-refractivity contribution < 1.29 is 19.4 Å². The van der Waals surface area contributed by atoms with Gasteiger partial charge in [-0.25, -0.2) is 4.79 Å². The molecular weight excluding hydrogens is 400 g/mol. The van der Waals surface area contributed by atoms with E-state index in [2.05, 4.69) is 12.1 Å². The van der Waals surface area contributed by atoms with Gasteiger partial charge in [-0.05, 0) is 48.2 Å². The van der Waals surface area contributed by atoms with E-state index in [1.54, 1.807) is 13.8 Å². The summed E-state index contributed by atoms with van der Waals surface area (Å²) in [7, 11) is 0. The number of benzene rings is 3. The van der Waals surface area contributed by atoms with Gasteiger partial charge in [0.05, 0.1) is 24.5 Å². The Labute approximate surface area is 188 Å². The van der Waals surface area contributed by atoms with Crippen LogP contribution in [-0.4, -0.2) is 24.3 Å². The zero-order valence-electron chi connectivity index (χ0n) is 18.3. The van der Waals surface area contributed by atoms with Crippen LogP contribution in [0.2, 0.25) is 0 Å². The van der Waals surface area contributed by atoms with E-state index in [9.17, 15) is 9.90 Å². The van der Waals surface area contributed by atoms with Crippen LogP contribution in [-0.2, 0) is 16.0 Å². The van der Waals surface area contributed by atoms with E-state index in [4.69, 9.17) is 9.47 Å². The molecule has 4 heteroatoms. The average Bonchev–Trinajstić information content (AvgIpc) is 3.15. The van der Waals surface area contributed by atoms with Crippen molar-refractivity contribution in [2.45, 2.75) is 20.3 Å². The lowest BCUT2D eigenvalue weighted by Gasteiger charge is -2.11. The molecular formula is C28H26O4. The summed E-state index contributed by atoms with van der Waals surface area (Å²) < 4.78 is 11.4. The molecule has 0 saturated heterocycles. The van der Waals surface area contributed by atoms with E-state index in [1.165, 1.54) is 5.56 Å². The monoisotopic (exact) mass is 426 g/mol. The maximum absolute atomic E-state index is 13.0. The SMILES string of the molecule is CCOC(=O)C1=C(c2ccccc2)c2ccc(OCCc3ccccc3)cc2/C1=C(/C)O. The minimum Gasteiger partial charge on any atom is -0.512 e. The Morgan fingerprint density at radius 2 is 1.59 bits per heavy atom. The van der Waals surface area contributed by atoms with Gasteiger partial charge in [-0.2, -0.15) is 0 Å². The van der Waals surface area contributed by atoms with Crippen LogP contribution in [0.25, 0.3) is 11.1 Å². The number of carbonyl (C=O) groups is 1. The minimum atomic E-state index is -0.447. The molecule has 0 spiro atoms. The summed E-state index contributed by atoms with van der Waals surface area (Å²) in [5, 5.41) is 10.6. The summed E-state index contributed by atoms with van der Waals surface area (Å²) in [4.78, 5) is 13.0. The number of hydrogen-bond donors (Lipinski definition) is 1. The summed E-state index contributed by atoms with van der Waals surface area (Å²) in [5.74, 6) is 0.315. The highest BCUT2D eigenvalue weighted by Crippen LogP contribution is 2.47. The number of hydrogen-bond acceptors (Lipinski definition) is 4. The first kappa shape index (κ1) is 21.4. The molecule has 0 unspecified atom stereocenters. The molecule has 0 fully saturated rings. The summed E-state index contributed by atoms with van der Waals surface area (Å²) in [6, 6.07) is 25.6. The third-order valence-electron chi connectivity index (χ3n) is 5.44. The van der Waals surface area contributed by atoms with E-state index in [-0.39, 0.29) is 12.4 Å². The quantitative estimate of drug-likeness (QED) is 0.373. The van der Waals surface area contributed by atoms with E-state index in [1.807, 2.05) is 66.7 Å². The predicted octanol–water partition coefficient (Wildman–Crippen LogP) is 5.98. The van der Waals surface area contributed by atoms with Gasteiger partial charge < -0.3 is 14.6 Å². The van der Waals surface area contributed by atoms with E-state index < -0.39 is 5.97 Å². The second kappa shape index (κ2) is 9.56. The average molecular weight is 427 g/mol. The minimum absolute atomic E-state index is 0.0710. The first-order valence-corrected chi connectivity index (χ1v) is 10.8. The Kier molecular flexibility index (Phi) is 6.41. The molecule has 0 aliphatic heterocycles. The fourth-order valence-electron chi connectivity index (χ4n) is 4.05. The van der Waals surface area contributed by atoms with Gasteiger partial charge in [0, 0.05) is 17.6 Å². The van der Waals surface area contributed by atoms with Crippen LogP contribution >= 0.6 is 0 Å². The Bertz CT molecular complexity index is 1170. The molecule has 0 radical (unpaired) electrons. The third kappa shape index (κ3) is 4.30. The first-order chi connectivity index (χ1) is 15.6. The van der Waals surface area contributed by atoms with Gasteiger partial charge in [0.2, 0.25) is 0 Å². The second-order valence-corrected chi connectivity index (χ2v) is 7.59. The van der Waals surface area contributed by atoms with Crippen molar-refractivity contribution in [1.29, 1.82) is 0 Å². The number of rotatable bonds is 7. The van der Waals surface area contributed by atoms with Gasteiger partial charge in [0.1, 0.15) is 5.75 Å². The van der Waals surface area contributed by atoms with E-state index >= 15 is 0 Å². The van der Waals surface area contributed by atoms with Gasteiger partial charge in [-0.3, -0.25) is 0 Å². The highest BCUT2D eigenvalue weighted by atomic mass is 16.5. The number of allylic oxidation sites excluding steroid dienone is 1. The molecule has 4 nitrogen and oxygen atoms in total. The van der Waals surface area contributed by atoms with Crippen LogP contribution in [0.15, 0.2) is 90.2 Å². The first-order valence-electron chi connectivity index (χ1n) is 10.8. The molecule has 0 amide bonds. The Hall–Kier alpha value is -3.79. The molecule has 1 aliphatic carbocycles. The number of esters is 1. The zero-order chi connectivity index (χ0) is 22.5. The van der Waals surface area contributed by atoms with Gasteiger partial charge >= 0.3 is 5.97 Å². The summed E-state index contributed by atoms with van der Waals surface area (Å²) in [6.07, 6.45) is 0.793. The van der Waals surface area contributed by atoms with Gasteiger partial charge in [0.15, 0.2) is 0 Å². The number of ether oxygens (including phenoxy) is 2. The molecule has 0 bridgehead atoms. The normalized spacial score (nSPS) is 14.2. The lowest BCUT2D eigenvalue weighted by molar-refractivity contribution is -0.137. The molecule has 0 saturated carbocycles. The Balaban J connectivity index is 1.72. The van der Waals surface area contributed by atoms with Crippen LogP contribution in [0.3, 0.4) is 0 Å². The van der Waals surface area contributed by atoms with Crippen molar-refractivity contribution in [3.05, 3.63) is 112 Å². The largest absolute Gasteiger partial charge is 0.512 e. The van der Waals surface area contributed by atoms with Crippen LogP contribution in [0.4, 0.5) is 0 Å². The van der Waals surface area contributed by atoms with Crippen LogP contribution < -0.4 is 4.74 Å². The molecule has 1 N–H and O–H groups in total. The number of fused-ring (bicyclic) bond motifs is 1. The fraction of sp³-hybridized carbons (Fsp3) is 0.179. The summed E-state index contributed by atoms with van der Waals surface area (Å²) in [5.41, 5.74) is 5.38. The van der Waals surface area contributed by atoms with Crippen molar-refractivity contribution >= 4 is 17.1 Å². The Morgan fingerprint density at radius 1 is 0.906 bits per heavy atom. The summed E-state index contributed by atoms with van der Waals surface area (Å²) >= 11 is 0. The van der Waals surface area contributed by atoms with E-state index in [0.29, 0.717) is 23.5 Å². The molecule has 0 atom stereocenters. The molecule has 4 rings (SSSR count). The molecule has 3 aromatic carbocycles. The maximum Gasteiger partial charge on any atom is 0.339 e. The highest BCUT2D eigenvalue weighted by molar-refractivity contribution is 6.21. The van der Waals surface area contributed by atoms with Crippen LogP contribution in [0.1, 0.15) is 36.1 Å². The number of aliphatic hydroxyl groups is 1. The zero-order valence-corrected chi connectivity index (χ0v) is 18.3. The van der Waals surface area contributed by atoms with Crippen molar-refractivity contribution in [2.24, 2.45) is 0 Å². The topological polar surface area (TPSA) is 55.8 Å². The van der Waals surface area contributed by atoms with Gasteiger partial charge in [0.25, 0.3) is 0 Å². The number of carbonyl (C=O) groups excluding carboxylic acids is 1. The number of aliphatic hydroxyl groups excluding tert-OH is 1. The van der Waals surface area contributed by atoms with Crippen molar-refractivity contribution in [3.8, 4) is 5.75 Å². The molecule has 32 heavy (non-hydrogen) atoms. The van der Waals surface area contributed by atoms with Crippen LogP contribution in [0, 0.1) is 0 Å². The molecule has 3 aromatic rings. The van der Waals surface area contributed by atoms with Crippen molar-refractivity contribution in [3.63, 3.8) is 0 Å². The van der Waals surface area contributed by atoms with Gasteiger partial charge in [-0.1, -0.05) is 66.7 Å². The van der Waals surface area contributed by atoms with Crippen molar-refractivity contribution in [2.75, 3.05) is 13.2 Å². The van der Waals surface area contributed by atoms with Crippen LogP contribution in [0.5, 0.6) is 5.75 Å².